The van der Waals surface area contributed by atoms with E-state index in [0.29, 0.717) is 0 Å². The van der Waals surface area contributed by atoms with Gasteiger partial charge in [-0.3, -0.25) is 0 Å². The summed E-state index contributed by atoms with van der Waals surface area (Å²) in [5, 5.41) is 4.42. The van der Waals surface area contributed by atoms with Gasteiger partial charge in [-0.15, -0.1) is 17.0 Å². The van der Waals surface area contributed by atoms with Gasteiger partial charge in [-0.05, 0) is 54.8 Å². The van der Waals surface area contributed by atoms with Crippen molar-refractivity contribution in [2.24, 2.45) is 0 Å². The highest BCUT2D eigenvalue weighted by molar-refractivity contribution is 8.93. The van der Waals surface area contributed by atoms with Gasteiger partial charge in [-0.2, -0.15) is 0 Å². The lowest BCUT2D eigenvalue weighted by atomic mass is 10.1. The van der Waals surface area contributed by atoms with Crippen LogP contribution < -0.4 is 15.9 Å². The van der Waals surface area contributed by atoms with Crippen molar-refractivity contribution in [3.05, 3.63) is 127 Å². The maximum atomic E-state index is 2.33. The summed E-state index contributed by atoms with van der Waals surface area (Å²) >= 11 is 0. The smallest absolute Gasteiger partial charge is 0.112 e. The van der Waals surface area contributed by atoms with Crippen molar-refractivity contribution in [3.63, 3.8) is 0 Å². The highest BCUT2D eigenvalue weighted by atomic mass is 79.9. The van der Waals surface area contributed by atoms with Gasteiger partial charge in [0.15, 0.2) is 0 Å². The number of halogens is 1. The summed E-state index contributed by atoms with van der Waals surface area (Å²) in [6.07, 6.45) is 3.48. The molecule has 0 heterocycles. The Morgan fingerprint density at radius 3 is 1.17 bits per heavy atom. The Bertz CT molecular complexity index is 873. The van der Waals surface area contributed by atoms with Crippen LogP contribution in [0.1, 0.15) is 12.0 Å². The van der Waals surface area contributed by atoms with E-state index >= 15 is 0 Å². The second-order valence-electron chi connectivity index (χ2n) is 7.13. The predicted octanol–water partition coefficient (Wildman–Crippen LogP) is 6.19. The standard InChI is InChI=1S/C27H26P.BrH/c1-5-14-24(15-6-1)16-13-23-28(25-17-7-2-8-18-25,26-19-9-3-10-20-26)27-21-11-4-12-22-27;/h1-12,14-15,17-22H,13,16,23H2;1H/q+1;. The zero-order valence-corrected chi connectivity index (χ0v) is 19.1. The fourth-order valence-corrected chi connectivity index (χ4v) is 8.39. The van der Waals surface area contributed by atoms with E-state index in [2.05, 4.69) is 121 Å². The van der Waals surface area contributed by atoms with Crippen molar-refractivity contribution in [1.82, 2.24) is 0 Å². The Morgan fingerprint density at radius 1 is 0.448 bits per heavy atom. The molecule has 0 saturated heterocycles. The van der Waals surface area contributed by atoms with E-state index in [-0.39, 0.29) is 17.0 Å². The van der Waals surface area contributed by atoms with Crippen molar-refractivity contribution in [3.8, 4) is 0 Å². The average Bonchev–Trinajstić information content (AvgIpc) is 2.79. The first-order chi connectivity index (χ1) is 13.9. The molecule has 0 fully saturated rings. The molecule has 0 spiro atoms. The molecule has 0 aliphatic heterocycles. The van der Waals surface area contributed by atoms with Crippen LogP contribution in [-0.2, 0) is 6.42 Å². The van der Waals surface area contributed by atoms with Crippen LogP contribution in [0.25, 0.3) is 0 Å². The molecule has 0 atom stereocenters. The highest BCUT2D eigenvalue weighted by Gasteiger charge is 2.44. The lowest BCUT2D eigenvalue weighted by Crippen LogP contribution is -2.33. The van der Waals surface area contributed by atoms with Crippen molar-refractivity contribution in [2.45, 2.75) is 12.8 Å². The summed E-state index contributed by atoms with van der Waals surface area (Å²) in [6.45, 7) is 0. The first kappa shape index (κ1) is 21.5. The van der Waals surface area contributed by atoms with Crippen LogP contribution in [0.15, 0.2) is 121 Å². The molecule has 0 saturated carbocycles. The van der Waals surface area contributed by atoms with Gasteiger partial charge in [0.25, 0.3) is 0 Å². The van der Waals surface area contributed by atoms with Gasteiger partial charge in [0.2, 0.25) is 0 Å². The third-order valence-corrected chi connectivity index (χ3v) is 9.92. The fraction of sp³-hybridized carbons (Fsp3) is 0.111. The zero-order valence-electron chi connectivity index (χ0n) is 16.5. The van der Waals surface area contributed by atoms with Crippen molar-refractivity contribution >= 4 is 40.2 Å². The Morgan fingerprint density at radius 2 is 0.793 bits per heavy atom. The van der Waals surface area contributed by atoms with E-state index in [9.17, 15) is 0 Å². The summed E-state index contributed by atoms with van der Waals surface area (Å²) in [5.74, 6) is 0. The van der Waals surface area contributed by atoms with Crippen LogP contribution >= 0.6 is 24.2 Å². The summed E-state index contributed by atoms with van der Waals surface area (Å²) in [4.78, 5) is 0. The minimum Gasteiger partial charge on any atom is -0.114 e. The van der Waals surface area contributed by atoms with Crippen molar-refractivity contribution in [1.29, 1.82) is 0 Å². The molecule has 2 heteroatoms. The van der Waals surface area contributed by atoms with Crippen LogP contribution in [0.5, 0.6) is 0 Å². The third-order valence-electron chi connectivity index (χ3n) is 5.39. The largest absolute Gasteiger partial charge is 0.114 e. The topological polar surface area (TPSA) is 0 Å². The molecule has 0 amide bonds. The molecule has 4 aromatic rings. The molecule has 0 bridgehead atoms. The van der Waals surface area contributed by atoms with E-state index in [1.54, 1.807) is 0 Å². The Labute approximate surface area is 185 Å². The molecule has 0 nitrogen and oxygen atoms in total. The van der Waals surface area contributed by atoms with Gasteiger partial charge in [-0.25, -0.2) is 0 Å². The molecular formula is C27H27BrP+. The Balaban J connectivity index is 0.00000240. The molecule has 146 valence electrons. The summed E-state index contributed by atoms with van der Waals surface area (Å²) in [7, 11) is -1.69. The van der Waals surface area contributed by atoms with Crippen LogP contribution in [0.4, 0.5) is 0 Å². The van der Waals surface area contributed by atoms with E-state index in [4.69, 9.17) is 0 Å². The van der Waals surface area contributed by atoms with Crippen LogP contribution in [0, 0.1) is 0 Å². The first-order valence-electron chi connectivity index (χ1n) is 9.98. The monoisotopic (exact) mass is 461 g/mol. The molecule has 0 radical (unpaired) electrons. The molecule has 0 aliphatic carbocycles. The van der Waals surface area contributed by atoms with E-state index in [0.717, 1.165) is 6.42 Å². The van der Waals surface area contributed by atoms with Gasteiger partial charge in [0.05, 0.1) is 6.16 Å². The minimum absolute atomic E-state index is 0. The van der Waals surface area contributed by atoms with Crippen LogP contribution in [0.3, 0.4) is 0 Å². The summed E-state index contributed by atoms with van der Waals surface area (Å²) < 4.78 is 0. The summed E-state index contributed by atoms with van der Waals surface area (Å²) in [6, 6.07) is 44.3. The highest BCUT2D eigenvalue weighted by Crippen LogP contribution is 2.55. The molecule has 4 rings (SSSR count). The molecule has 0 aromatic heterocycles. The zero-order chi connectivity index (χ0) is 19.1. The number of hydrogen-bond donors (Lipinski definition) is 0. The second-order valence-corrected chi connectivity index (χ2v) is 10.7. The number of hydrogen-bond acceptors (Lipinski definition) is 0. The van der Waals surface area contributed by atoms with Gasteiger partial charge in [0.1, 0.15) is 23.2 Å². The van der Waals surface area contributed by atoms with Gasteiger partial charge in [-0.1, -0.05) is 84.9 Å². The summed E-state index contributed by atoms with van der Waals surface area (Å²) in [5.41, 5.74) is 1.43. The molecule has 0 unspecified atom stereocenters. The molecule has 29 heavy (non-hydrogen) atoms. The molecular weight excluding hydrogens is 435 g/mol. The molecule has 0 aliphatic rings. The van der Waals surface area contributed by atoms with Crippen molar-refractivity contribution < 1.29 is 0 Å². The minimum atomic E-state index is -1.69. The maximum absolute atomic E-state index is 2.33. The fourth-order valence-electron chi connectivity index (χ4n) is 4.05. The number of rotatable bonds is 7. The van der Waals surface area contributed by atoms with Gasteiger partial charge >= 0.3 is 0 Å². The first-order valence-corrected chi connectivity index (χ1v) is 12.0. The Kier molecular flexibility index (Phi) is 7.81. The van der Waals surface area contributed by atoms with Gasteiger partial charge in [0, 0.05) is 0 Å². The third kappa shape index (κ3) is 4.86. The quantitative estimate of drug-likeness (QED) is 0.287. The number of aryl methyl sites for hydroxylation is 1. The average molecular weight is 462 g/mol. The predicted molar refractivity (Wildman–Crippen MR) is 135 cm³/mol. The van der Waals surface area contributed by atoms with E-state index in [1.807, 2.05) is 0 Å². The van der Waals surface area contributed by atoms with Gasteiger partial charge < -0.3 is 0 Å². The Hall–Kier alpha value is -2.21. The van der Waals surface area contributed by atoms with E-state index < -0.39 is 7.26 Å². The normalized spacial score (nSPS) is 10.9. The van der Waals surface area contributed by atoms with Crippen LogP contribution in [0.2, 0.25) is 0 Å². The second kappa shape index (κ2) is 10.5. The maximum Gasteiger partial charge on any atom is 0.112 e. The van der Waals surface area contributed by atoms with Crippen LogP contribution in [-0.4, -0.2) is 6.16 Å². The lowest BCUT2D eigenvalue weighted by molar-refractivity contribution is 0.928. The lowest BCUT2D eigenvalue weighted by Gasteiger charge is -2.27. The van der Waals surface area contributed by atoms with E-state index in [1.165, 1.54) is 34.1 Å². The molecule has 0 N–H and O–H groups in total. The molecule has 4 aromatic carbocycles. The SMILES string of the molecule is Br.c1ccc(CCC[P+](c2ccccc2)(c2ccccc2)c2ccccc2)cc1. The number of benzene rings is 4. The van der Waals surface area contributed by atoms with Crippen molar-refractivity contribution in [2.75, 3.05) is 6.16 Å².